The van der Waals surface area contributed by atoms with Gasteiger partial charge in [0.15, 0.2) is 0 Å². The van der Waals surface area contributed by atoms with Gasteiger partial charge in [-0.2, -0.15) is 15.3 Å². The first-order valence-corrected chi connectivity index (χ1v) is 10.2. The zero-order valence-electron chi connectivity index (χ0n) is 17.6. The second kappa shape index (κ2) is 8.89. The van der Waals surface area contributed by atoms with Crippen molar-refractivity contribution in [1.82, 2.24) is 19.9 Å². The van der Waals surface area contributed by atoms with Gasteiger partial charge in [-0.05, 0) is 56.7 Å². The monoisotopic (exact) mass is 431 g/mol. The average Bonchev–Trinajstić information content (AvgIpc) is 3.40. The maximum Gasteiger partial charge on any atom is 0.303 e. The summed E-state index contributed by atoms with van der Waals surface area (Å²) in [7, 11) is 0. The lowest BCUT2D eigenvalue weighted by Crippen LogP contribution is -2.06. The van der Waals surface area contributed by atoms with Crippen molar-refractivity contribution in [2.45, 2.75) is 39.3 Å². The molecule has 0 aliphatic carbocycles. The first-order valence-electron chi connectivity index (χ1n) is 10.2. The molecule has 0 atom stereocenters. The lowest BCUT2D eigenvalue weighted by molar-refractivity contribution is -0.137. The Kier molecular flexibility index (Phi) is 5.85. The number of rotatable bonds is 8. The second-order valence-corrected chi connectivity index (χ2v) is 7.58. The smallest absolute Gasteiger partial charge is 0.303 e. The number of carbonyl (C=O) groups is 1. The maximum absolute atomic E-state index is 10.7. The first kappa shape index (κ1) is 21.1. The van der Waals surface area contributed by atoms with Crippen LogP contribution in [0.1, 0.15) is 32.3 Å². The number of nitriles is 1. The molecule has 0 fully saturated rings. The Hall–Kier alpha value is -4.19. The van der Waals surface area contributed by atoms with E-state index in [0.29, 0.717) is 41.6 Å². The van der Waals surface area contributed by atoms with E-state index in [2.05, 4.69) is 21.3 Å². The molecule has 1 N–H and O–H groups in total. The molecule has 0 radical (unpaired) electrons. The van der Waals surface area contributed by atoms with Crippen molar-refractivity contribution in [3.63, 3.8) is 0 Å². The predicted octanol–water partition coefficient (Wildman–Crippen LogP) is 4.28. The number of carboxylic acid groups (broad SMARTS) is 1. The lowest BCUT2D eigenvalue weighted by atomic mass is 10.1. The first-order chi connectivity index (χ1) is 15.4. The van der Waals surface area contributed by atoms with E-state index in [1.54, 1.807) is 22.9 Å². The minimum atomic E-state index is -0.819. The van der Waals surface area contributed by atoms with Gasteiger partial charge in [-0.1, -0.05) is 5.16 Å². The SMILES string of the molecule is CC(C)Oc1ccc(-c2nc(-c3ccc4nn(CCCC(=O)O)cc4c3)no2)cc1C#N. The number of aliphatic carboxylic acids is 1. The van der Waals surface area contributed by atoms with Crippen LogP contribution in [0.15, 0.2) is 47.1 Å². The van der Waals surface area contributed by atoms with Gasteiger partial charge < -0.3 is 14.4 Å². The standard InChI is InChI=1S/C23H21N5O4/c1-14(2)31-20-8-6-16(11-17(20)12-24)23-25-22(27-32-23)15-5-7-19-18(10-15)13-28(26-19)9-3-4-21(29)30/h5-8,10-11,13-14H,3-4,9H2,1-2H3,(H,29,30). The third kappa shape index (κ3) is 4.59. The molecule has 0 aliphatic heterocycles. The van der Waals surface area contributed by atoms with E-state index in [1.165, 1.54) is 0 Å². The molecule has 2 aromatic carbocycles. The predicted molar refractivity (Wildman–Crippen MR) is 116 cm³/mol. The van der Waals surface area contributed by atoms with Crippen LogP contribution in [0.2, 0.25) is 0 Å². The van der Waals surface area contributed by atoms with E-state index in [1.807, 2.05) is 38.2 Å². The summed E-state index contributed by atoms with van der Waals surface area (Å²) in [6, 6.07) is 12.9. The van der Waals surface area contributed by atoms with Gasteiger partial charge in [0.25, 0.3) is 5.89 Å². The Balaban J connectivity index is 1.56. The Bertz CT molecular complexity index is 1320. The van der Waals surface area contributed by atoms with Gasteiger partial charge in [-0.25, -0.2) is 0 Å². The molecule has 9 heteroatoms. The van der Waals surface area contributed by atoms with Crippen LogP contribution in [0.5, 0.6) is 5.75 Å². The topological polar surface area (TPSA) is 127 Å². The quantitative estimate of drug-likeness (QED) is 0.438. The van der Waals surface area contributed by atoms with Gasteiger partial charge in [0.1, 0.15) is 11.8 Å². The van der Waals surface area contributed by atoms with Crippen molar-refractivity contribution in [3.05, 3.63) is 48.2 Å². The van der Waals surface area contributed by atoms with Gasteiger partial charge in [-0.15, -0.1) is 0 Å². The summed E-state index contributed by atoms with van der Waals surface area (Å²) in [5, 5.41) is 27.7. The lowest BCUT2D eigenvalue weighted by Gasteiger charge is -2.11. The summed E-state index contributed by atoms with van der Waals surface area (Å²) in [5.41, 5.74) is 2.58. The minimum Gasteiger partial charge on any atom is -0.490 e. The van der Waals surface area contributed by atoms with Gasteiger partial charge in [-0.3, -0.25) is 9.48 Å². The molecule has 0 unspecified atom stereocenters. The van der Waals surface area contributed by atoms with Crippen LogP contribution in [-0.2, 0) is 11.3 Å². The number of ether oxygens (including phenoxy) is 1. The van der Waals surface area contributed by atoms with Gasteiger partial charge in [0.05, 0.1) is 17.2 Å². The van der Waals surface area contributed by atoms with Crippen LogP contribution < -0.4 is 4.74 Å². The highest BCUT2D eigenvalue weighted by atomic mass is 16.5. The van der Waals surface area contributed by atoms with Crippen LogP contribution >= 0.6 is 0 Å². The number of carboxylic acids is 1. The highest BCUT2D eigenvalue weighted by Gasteiger charge is 2.15. The molecule has 32 heavy (non-hydrogen) atoms. The zero-order valence-corrected chi connectivity index (χ0v) is 17.6. The molecule has 2 heterocycles. The Morgan fingerprint density at radius 3 is 2.81 bits per heavy atom. The van der Waals surface area contributed by atoms with Crippen LogP contribution in [0, 0.1) is 11.3 Å². The number of nitrogens with zero attached hydrogens (tertiary/aromatic N) is 5. The minimum absolute atomic E-state index is 0.0422. The van der Waals surface area contributed by atoms with Crippen molar-refractivity contribution in [1.29, 1.82) is 5.26 Å². The summed E-state index contributed by atoms with van der Waals surface area (Å²) >= 11 is 0. The van der Waals surface area contributed by atoms with Crippen molar-refractivity contribution in [2.24, 2.45) is 0 Å². The van der Waals surface area contributed by atoms with E-state index in [-0.39, 0.29) is 12.5 Å². The Labute approximate surface area is 183 Å². The molecule has 0 amide bonds. The number of hydrogen-bond acceptors (Lipinski definition) is 7. The molecular formula is C23H21N5O4. The maximum atomic E-state index is 10.7. The fourth-order valence-electron chi connectivity index (χ4n) is 3.29. The Morgan fingerprint density at radius 2 is 2.06 bits per heavy atom. The van der Waals surface area contributed by atoms with Crippen molar-refractivity contribution >= 4 is 16.9 Å². The Morgan fingerprint density at radius 1 is 1.25 bits per heavy atom. The zero-order chi connectivity index (χ0) is 22.7. The highest BCUT2D eigenvalue weighted by Crippen LogP contribution is 2.28. The van der Waals surface area contributed by atoms with E-state index in [9.17, 15) is 10.1 Å². The van der Waals surface area contributed by atoms with Crippen molar-refractivity contribution in [2.75, 3.05) is 0 Å². The second-order valence-electron chi connectivity index (χ2n) is 7.58. The van der Waals surface area contributed by atoms with Crippen molar-refractivity contribution in [3.8, 4) is 34.7 Å². The van der Waals surface area contributed by atoms with Gasteiger partial charge >= 0.3 is 5.97 Å². The molecule has 4 rings (SSSR count). The number of fused-ring (bicyclic) bond motifs is 1. The van der Waals surface area contributed by atoms with E-state index in [0.717, 1.165) is 16.5 Å². The summed E-state index contributed by atoms with van der Waals surface area (Å²) in [6.07, 6.45) is 2.44. The molecule has 4 aromatic rings. The van der Waals surface area contributed by atoms with E-state index >= 15 is 0 Å². The van der Waals surface area contributed by atoms with E-state index < -0.39 is 5.97 Å². The summed E-state index contributed by atoms with van der Waals surface area (Å²) in [4.78, 5) is 15.2. The molecule has 0 saturated heterocycles. The van der Waals surface area contributed by atoms with Gasteiger partial charge in [0.2, 0.25) is 5.82 Å². The number of benzene rings is 2. The molecule has 0 aliphatic rings. The fourth-order valence-corrected chi connectivity index (χ4v) is 3.29. The number of aromatic nitrogens is 4. The van der Waals surface area contributed by atoms with Crippen molar-refractivity contribution < 1.29 is 19.2 Å². The van der Waals surface area contributed by atoms with Crippen LogP contribution in [0.4, 0.5) is 0 Å². The fraction of sp³-hybridized carbons (Fsp3) is 0.261. The highest BCUT2D eigenvalue weighted by molar-refractivity contribution is 5.83. The molecule has 0 saturated carbocycles. The van der Waals surface area contributed by atoms with Crippen LogP contribution in [0.25, 0.3) is 33.7 Å². The van der Waals surface area contributed by atoms with Crippen LogP contribution in [0.3, 0.4) is 0 Å². The number of hydrogen-bond donors (Lipinski definition) is 1. The van der Waals surface area contributed by atoms with Gasteiger partial charge in [0, 0.05) is 35.7 Å². The largest absolute Gasteiger partial charge is 0.490 e. The molecule has 9 nitrogen and oxygen atoms in total. The third-order valence-corrected chi connectivity index (χ3v) is 4.72. The molecular weight excluding hydrogens is 410 g/mol. The molecule has 0 bridgehead atoms. The number of aryl methyl sites for hydroxylation is 1. The molecule has 2 aromatic heterocycles. The molecule has 0 spiro atoms. The third-order valence-electron chi connectivity index (χ3n) is 4.72. The summed E-state index contributed by atoms with van der Waals surface area (Å²) in [6.45, 7) is 4.33. The summed E-state index contributed by atoms with van der Waals surface area (Å²) < 4.78 is 12.8. The average molecular weight is 431 g/mol. The van der Waals surface area contributed by atoms with Crippen LogP contribution in [-0.4, -0.2) is 37.1 Å². The van der Waals surface area contributed by atoms with E-state index in [4.69, 9.17) is 14.4 Å². The normalized spacial score (nSPS) is 11.1. The summed E-state index contributed by atoms with van der Waals surface area (Å²) in [5.74, 6) is 0.413. The molecule has 162 valence electrons.